The van der Waals surface area contributed by atoms with Crippen molar-refractivity contribution in [2.75, 3.05) is 0 Å². The molecule has 2 heterocycles. The molecule has 17 heavy (non-hydrogen) atoms. The van der Waals surface area contributed by atoms with Gasteiger partial charge in [-0.15, -0.1) is 0 Å². The standard InChI is InChI=1S/C9H5ClN4O2S/c10-7-3-6(14(15)16)4-9(13-7)17-8-1-2-11-5-12-8/h1-5H. The van der Waals surface area contributed by atoms with Gasteiger partial charge in [0, 0.05) is 12.3 Å². The average molecular weight is 269 g/mol. The van der Waals surface area contributed by atoms with Crippen LogP contribution in [0, 0.1) is 10.1 Å². The second-order valence-electron chi connectivity index (χ2n) is 2.89. The van der Waals surface area contributed by atoms with Crippen molar-refractivity contribution in [1.29, 1.82) is 0 Å². The lowest BCUT2D eigenvalue weighted by molar-refractivity contribution is -0.385. The Kier molecular flexibility index (Phi) is 3.50. The highest BCUT2D eigenvalue weighted by molar-refractivity contribution is 7.99. The summed E-state index contributed by atoms with van der Waals surface area (Å²) in [6, 6.07) is 4.23. The summed E-state index contributed by atoms with van der Waals surface area (Å²) in [7, 11) is 0. The smallest absolute Gasteiger partial charge is 0.258 e. The molecular weight excluding hydrogens is 264 g/mol. The van der Waals surface area contributed by atoms with Crippen molar-refractivity contribution in [2.24, 2.45) is 0 Å². The molecule has 0 saturated heterocycles. The zero-order valence-electron chi connectivity index (χ0n) is 8.28. The Morgan fingerprint density at radius 1 is 1.35 bits per heavy atom. The summed E-state index contributed by atoms with van der Waals surface area (Å²) in [4.78, 5) is 21.8. The molecule has 0 spiro atoms. The van der Waals surface area contributed by atoms with Crippen molar-refractivity contribution in [3.8, 4) is 0 Å². The van der Waals surface area contributed by atoms with E-state index in [1.807, 2.05) is 0 Å². The highest BCUT2D eigenvalue weighted by Crippen LogP contribution is 2.28. The van der Waals surface area contributed by atoms with Gasteiger partial charge in [-0.3, -0.25) is 10.1 Å². The van der Waals surface area contributed by atoms with E-state index >= 15 is 0 Å². The molecule has 0 atom stereocenters. The molecule has 0 saturated carbocycles. The largest absolute Gasteiger partial charge is 0.275 e. The number of pyridine rings is 1. The first kappa shape index (κ1) is 11.7. The molecule has 2 aromatic rings. The molecule has 0 aliphatic rings. The second-order valence-corrected chi connectivity index (χ2v) is 4.32. The molecule has 0 unspecified atom stereocenters. The van der Waals surface area contributed by atoms with E-state index in [-0.39, 0.29) is 10.8 Å². The van der Waals surface area contributed by atoms with Crippen LogP contribution in [0.5, 0.6) is 0 Å². The molecule has 0 amide bonds. The highest BCUT2D eigenvalue weighted by atomic mass is 35.5. The van der Waals surface area contributed by atoms with E-state index in [0.29, 0.717) is 10.1 Å². The summed E-state index contributed by atoms with van der Waals surface area (Å²) in [6.45, 7) is 0. The molecule has 0 aliphatic carbocycles. The van der Waals surface area contributed by atoms with Crippen LogP contribution in [0.25, 0.3) is 0 Å². The van der Waals surface area contributed by atoms with Gasteiger partial charge >= 0.3 is 0 Å². The minimum absolute atomic E-state index is 0.0794. The SMILES string of the molecule is O=[N+]([O-])c1cc(Cl)nc(Sc2ccncn2)c1. The molecule has 8 heteroatoms. The third-order valence-electron chi connectivity index (χ3n) is 1.73. The second kappa shape index (κ2) is 5.07. The summed E-state index contributed by atoms with van der Waals surface area (Å²) in [5.41, 5.74) is -0.0958. The van der Waals surface area contributed by atoms with Crippen molar-refractivity contribution in [2.45, 2.75) is 10.1 Å². The Balaban J connectivity index is 2.30. The summed E-state index contributed by atoms with van der Waals surface area (Å²) in [5, 5.41) is 11.8. The van der Waals surface area contributed by atoms with Crippen LogP contribution in [0.3, 0.4) is 0 Å². The molecule has 0 fully saturated rings. The van der Waals surface area contributed by atoms with E-state index < -0.39 is 4.92 Å². The first-order valence-electron chi connectivity index (χ1n) is 4.41. The van der Waals surface area contributed by atoms with Crippen LogP contribution < -0.4 is 0 Å². The number of nitrogens with zero attached hydrogens (tertiary/aromatic N) is 4. The van der Waals surface area contributed by atoms with E-state index in [4.69, 9.17) is 11.6 Å². The van der Waals surface area contributed by atoms with E-state index in [1.165, 1.54) is 30.2 Å². The number of hydrogen-bond acceptors (Lipinski definition) is 6. The molecule has 86 valence electrons. The van der Waals surface area contributed by atoms with Gasteiger partial charge in [0.15, 0.2) is 0 Å². The lowest BCUT2D eigenvalue weighted by Crippen LogP contribution is -1.91. The number of nitro groups is 1. The van der Waals surface area contributed by atoms with Crippen LogP contribution in [-0.2, 0) is 0 Å². The van der Waals surface area contributed by atoms with Gasteiger partial charge in [0.2, 0.25) is 0 Å². The zero-order valence-corrected chi connectivity index (χ0v) is 9.85. The monoisotopic (exact) mass is 268 g/mol. The number of halogens is 1. The molecule has 6 nitrogen and oxygen atoms in total. The first-order valence-corrected chi connectivity index (χ1v) is 5.60. The summed E-state index contributed by atoms with van der Waals surface area (Å²) < 4.78 is 0. The first-order chi connectivity index (χ1) is 8.15. The van der Waals surface area contributed by atoms with Gasteiger partial charge < -0.3 is 0 Å². The fourth-order valence-corrected chi connectivity index (χ4v) is 2.08. The Morgan fingerprint density at radius 3 is 2.82 bits per heavy atom. The van der Waals surface area contributed by atoms with Gasteiger partial charge in [0.05, 0.1) is 11.0 Å². The van der Waals surface area contributed by atoms with Crippen molar-refractivity contribution in [3.05, 3.63) is 46.0 Å². The number of hydrogen-bond donors (Lipinski definition) is 0. The van der Waals surface area contributed by atoms with Gasteiger partial charge in [-0.25, -0.2) is 15.0 Å². The predicted molar refractivity (Wildman–Crippen MR) is 62.1 cm³/mol. The Labute approximate surface area is 105 Å². The molecule has 0 aromatic carbocycles. The molecule has 2 rings (SSSR count). The molecule has 0 aliphatic heterocycles. The van der Waals surface area contributed by atoms with Gasteiger partial charge in [0.1, 0.15) is 21.5 Å². The van der Waals surface area contributed by atoms with Crippen LogP contribution in [0.2, 0.25) is 5.15 Å². The van der Waals surface area contributed by atoms with Gasteiger partial charge in [-0.2, -0.15) is 0 Å². The minimum atomic E-state index is -0.516. The number of rotatable bonds is 3. The average Bonchev–Trinajstić information content (AvgIpc) is 2.29. The van der Waals surface area contributed by atoms with E-state index in [1.54, 1.807) is 12.3 Å². The molecule has 0 radical (unpaired) electrons. The van der Waals surface area contributed by atoms with Gasteiger partial charge in [0.25, 0.3) is 5.69 Å². The summed E-state index contributed by atoms with van der Waals surface area (Å²) >= 11 is 6.88. The lowest BCUT2D eigenvalue weighted by Gasteiger charge is -2.00. The fourth-order valence-electron chi connectivity index (χ4n) is 1.06. The normalized spacial score (nSPS) is 10.2. The van der Waals surface area contributed by atoms with Gasteiger partial charge in [-0.05, 0) is 17.8 Å². The Hall–Kier alpha value is -1.73. The third kappa shape index (κ3) is 3.11. The van der Waals surface area contributed by atoms with Crippen LogP contribution in [0.4, 0.5) is 5.69 Å². The Bertz CT molecular complexity index is 552. The third-order valence-corrected chi connectivity index (χ3v) is 2.79. The molecular formula is C9H5ClN4O2S. The van der Waals surface area contributed by atoms with Crippen molar-refractivity contribution >= 4 is 29.1 Å². The van der Waals surface area contributed by atoms with E-state index in [9.17, 15) is 10.1 Å². The van der Waals surface area contributed by atoms with Crippen molar-refractivity contribution < 1.29 is 4.92 Å². The maximum atomic E-state index is 10.6. The number of aromatic nitrogens is 3. The van der Waals surface area contributed by atoms with E-state index in [2.05, 4.69) is 15.0 Å². The van der Waals surface area contributed by atoms with Crippen LogP contribution in [-0.4, -0.2) is 19.9 Å². The van der Waals surface area contributed by atoms with Crippen LogP contribution in [0.1, 0.15) is 0 Å². The maximum absolute atomic E-state index is 10.6. The zero-order chi connectivity index (χ0) is 12.3. The maximum Gasteiger partial charge on any atom is 0.275 e. The van der Waals surface area contributed by atoms with Crippen LogP contribution >= 0.6 is 23.4 Å². The topological polar surface area (TPSA) is 81.8 Å². The van der Waals surface area contributed by atoms with Gasteiger partial charge in [-0.1, -0.05) is 11.6 Å². The van der Waals surface area contributed by atoms with E-state index in [0.717, 1.165) is 0 Å². The molecule has 0 N–H and O–H groups in total. The molecule has 2 aromatic heterocycles. The summed E-state index contributed by atoms with van der Waals surface area (Å²) in [5.74, 6) is 0. The quantitative estimate of drug-likeness (QED) is 0.368. The fraction of sp³-hybridized carbons (Fsp3) is 0. The highest BCUT2D eigenvalue weighted by Gasteiger charge is 2.11. The van der Waals surface area contributed by atoms with Crippen LogP contribution in [0.15, 0.2) is 40.8 Å². The molecule has 0 bridgehead atoms. The van der Waals surface area contributed by atoms with Crippen molar-refractivity contribution in [3.63, 3.8) is 0 Å². The Morgan fingerprint density at radius 2 is 2.18 bits per heavy atom. The minimum Gasteiger partial charge on any atom is -0.258 e. The van der Waals surface area contributed by atoms with Crippen molar-refractivity contribution in [1.82, 2.24) is 15.0 Å². The predicted octanol–water partition coefficient (Wildman–Crippen LogP) is 2.58. The summed E-state index contributed by atoms with van der Waals surface area (Å²) in [6.07, 6.45) is 2.97. The lowest BCUT2D eigenvalue weighted by atomic mass is 10.4.